The zero-order valence-corrected chi connectivity index (χ0v) is 13.4. The van der Waals surface area contributed by atoms with Crippen LogP contribution >= 0.6 is 0 Å². The lowest BCUT2D eigenvalue weighted by Crippen LogP contribution is -2.49. The third-order valence-corrected chi connectivity index (χ3v) is 4.23. The lowest BCUT2D eigenvalue weighted by molar-refractivity contribution is -0.126. The van der Waals surface area contributed by atoms with Crippen molar-refractivity contribution in [2.24, 2.45) is 5.92 Å². The number of hydrogen-bond acceptors (Lipinski definition) is 3. The van der Waals surface area contributed by atoms with Gasteiger partial charge in [-0.1, -0.05) is 24.1 Å². The third kappa shape index (κ3) is 4.83. The maximum absolute atomic E-state index is 12.3. The van der Waals surface area contributed by atoms with Gasteiger partial charge in [0.05, 0.1) is 12.6 Å². The van der Waals surface area contributed by atoms with Crippen molar-refractivity contribution in [2.45, 2.75) is 25.8 Å². The largest absolute Gasteiger partial charge is 0.344 e. The van der Waals surface area contributed by atoms with Gasteiger partial charge in [0.25, 0.3) is 0 Å². The van der Waals surface area contributed by atoms with Crippen LogP contribution in [0.2, 0.25) is 0 Å². The Hall–Kier alpha value is -2.32. The number of nitrogens with zero attached hydrogens (tertiary/aromatic N) is 1. The quantitative estimate of drug-likeness (QED) is 0.809. The number of carbonyl (C=O) groups excluding carboxylic acids is 2. The van der Waals surface area contributed by atoms with Gasteiger partial charge in [0.2, 0.25) is 11.8 Å². The second-order valence-electron chi connectivity index (χ2n) is 5.76. The van der Waals surface area contributed by atoms with Gasteiger partial charge in [-0.3, -0.25) is 14.5 Å². The Labute approximate surface area is 137 Å². The van der Waals surface area contributed by atoms with Gasteiger partial charge in [0.1, 0.15) is 0 Å². The first kappa shape index (κ1) is 17.0. The van der Waals surface area contributed by atoms with Crippen molar-refractivity contribution in [3.63, 3.8) is 0 Å². The van der Waals surface area contributed by atoms with E-state index in [2.05, 4.69) is 21.5 Å². The molecule has 0 bridgehead atoms. The number of terminal acetylenes is 1. The molecule has 5 nitrogen and oxygen atoms in total. The zero-order chi connectivity index (χ0) is 16.7. The van der Waals surface area contributed by atoms with Crippen LogP contribution in [0.5, 0.6) is 0 Å². The van der Waals surface area contributed by atoms with Gasteiger partial charge in [-0.15, -0.1) is 6.42 Å². The smallest absolute Gasteiger partial charge is 0.237 e. The fraction of sp³-hybridized carbons (Fsp3) is 0.444. The predicted octanol–water partition coefficient (Wildman–Crippen LogP) is 1.47. The van der Waals surface area contributed by atoms with E-state index in [4.69, 9.17) is 6.42 Å². The van der Waals surface area contributed by atoms with Gasteiger partial charge >= 0.3 is 0 Å². The van der Waals surface area contributed by atoms with Crippen LogP contribution in [0, 0.1) is 18.3 Å². The van der Waals surface area contributed by atoms with Crippen LogP contribution in [-0.2, 0) is 9.59 Å². The van der Waals surface area contributed by atoms with Crippen molar-refractivity contribution in [3.05, 3.63) is 30.3 Å². The zero-order valence-electron chi connectivity index (χ0n) is 13.4. The molecular weight excluding hydrogens is 290 g/mol. The SMILES string of the molecule is C#CCNC(=O)C(C)N1CCC(C(=O)Nc2ccccc2)CC1. The average Bonchev–Trinajstić information content (AvgIpc) is 2.60. The Balaban J connectivity index is 1.80. The lowest BCUT2D eigenvalue weighted by Gasteiger charge is -2.34. The Bertz CT molecular complexity index is 572. The molecule has 1 aromatic rings. The van der Waals surface area contributed by atoms with Crippen molar-refractivity contribution >= 4 is 17.5 Å². The Morgan fingerprint density at radius 1 is 1.30 bits per heavy atom. The molecule has 1 aliphatic heterocycles. The number of carbonyl (C=O) groups is 2. The lowest BCUT2D eigenvalue weighted by atomic mass is 9.94. The number of para-hydroxylation sites is 1. The van der Waals surface area contributed by atoms with Crippen LogP contribution in [0.25, 0.3) is 0 Å². The van der Waals surface area contributed by atoms with Gasteiger partial charge in [0.15, 0.2) is 0 Å². The summed E-state index contributed by atoms with van der Waals surface area (Å²) in [5.74, 6) is 2.39. The molecule has 1 unspecified atom stereocenters. The number of hydrogen-bond donors (Lipinski definition) is 2. The van der Waals surface area contributed by atoms with E-state index in [1.807, 2.05) is 37.3 Å². The third-order valence-electron chi connectivity index (χ3n) is 4.23. The standard InChI is InChI=1S/C18H23N3O2/c1-3-11-19-17(22)14(2)21-12-9-15(10-13-21)18(23)20-16-7-5-4-6-8-16/h1,4-8,14-15H,9-13H2,2H3,(H,19,22)(H,20,23). The number of anilines is 1. The maximum Gasteiger partial charge on any atom is 0.237 e. The van der Waals surface area contributed by atoms with Gasteiger partial charge in [-0.2, -0.15) is 0 Å². The predicted molar refractivity (Wildman–Crippen MR) is 90.7 cm³/mol. The molecule has 1 heterocycles. The monoisotopic (exact) mass is 313 g/mol. The summed E-state index contributed by atoms with van der Waals surface area (Å²) in [5.41, 5.74) is 0.821. The second-order valence-corrected chi connectivity index (χ2v) is 5.76. The molecule has 0 aliphatic carbocycles. The topological polar surface area (TPSA) is 61.4 Å². The number of nitrogens with one attached hydrogen (secondary N) is 2. The minimum Gasteiger partial charge on any atom is -0.344 e. The fourth-order valence-corrected chi connectivity index (χ4v) is 2.77. The summed E-state index contributed by atoms with van der Waals surface area (Å²) in [6, 6.07) is 9.25. The van der Waals surface area contributed by atoms with E-state index >= 15 is 0 Å². The highest BCUT2D eigenvalue weighted by Crippen LogP contribution is 2.21. The van der Waals surface area contributed by atoms with Crippen LogP contribution in [0.15, 0.2) is 30.3 Å². The molecule has 1 atom stereocenters. The molecule has 1 aromatic carbocycles. The molecule has 0 spiro atoms. The summed E-state index contributed by atoms with van der Waals surface area (Å²) in [5, 5.41) is 5.65. The molecule has 1 saturated heterocycles. The Morgan fingerprint density at radius 3 is 2.57 bits per heavy atom. The van der Waals surface area contributed by atoms with Crippen molar-refractivity contribution in [3.8, 4) is 12.3 Å². The normalized spacial score (nSPS) is 17.0. The van der Waals surface area contributed by atoms with Gasteiger partial charge in [-0.05, 0) is 45.0 Å². The minimum absolute atomic E-state index is 0.00701. The molecule has 2 N–H and O–H groups in total. The van der Waals surface area contributed by atoms with Crippen molar-refractivity contribution in [1.82, 2.24) is 10.2 Å². The highest BCUT2D eigenvalue weighted by atomic mass is 16.2. The van der Waals surface area contributed by atoms with Crippen molar-refractivity contribution in [1.29, 1.82) is 0 Å². The summed E-state index contributed by atoms with van der Waals surface area (Å²) < 4.78 is 0. The van der Waals surface area contributed by atoms with Crippen LogP contribution in [-0.4, -0.2) is 42.4 Å². The van der Waals surface area contributed by atoms with E-state index in [9.17, 15) is 9.59 Å². The Kier molecular flexibility index (Phi) is 6.19. The number of rotatable bonds is 5. The molecule has 2 rings (SSSR count). The van der Waals surface area contributed by atoms with E-state index in [1.165, 1.54) is 0 Å². The first-order chi connectivity index (χ1) is 11.1. The van der Waals surface area contributed by atoms with E-state index in [1.54, 1.807) is 0 Å². The van der Waals surface area contributed by atoms with Crippen LogP contribution in [0.3, 0.4) is 0 Å². The average molecular weight is 313 g/mol. The van der Waals surface area contributed by atoms with Crippen LogP contribution in [0.4, 0.5) is 5.69 Å². The van der Waals surface area contributed by atoms with E-state index in [-0.39, 0.29) is 30.3 Å². The summed E-state index contributed by atoms with van der Waals surface area (Å²) >= 11 is 0. The molecule has 1 fully saturated rings. The first-order valence-electron chi connectivity index (χ1n) is 7.93. The Morgan fingerprint density at radius 2 is 1.96 bits per heavy atom. The van der Waals surface area contributed by atoms with Crippen molar-refractivity contribution < 1.29 is 9.59 Å². The molecule has 122 valence electrons. The number of amides is 2. The summed E-state index contributed by atoms with van der Waals surface area (Å²) in [7, 11) is 0. The van der Waals surface area contributed by atoms with Gasteiger partial charge in [-0.25, -0.2) is 0 Å². The number of piperidine rings is 1. The van der Waals surface area contributed by atoms with E-state index in [0.717, 1.165) is 31.6 Å². The number of benzene rings is 1. The molecule has 5 heteroatoms. The molecule has 0 aromatic heterocycles. The number of likely N-dealkylation sites (tertiary alicyclic amines) is 1. The van der Waals surface area contributed by atoms with Crippen LogP contribution in [0.1, 0.15) is 19.8 Å². The van der Waals surface area contributed by atoms with Gasteiger partial charge in [0, 0.05) is 11.6 Å². The molecule has 0 saturated carbocycles. The highest BCUT2D eigenvalue weighted by molar-refractivity contribution is 5.92. The summed E-state index contributed by atoms with van der Waals surface area (Å²) in [4.78, 5) is 26.3. The van der Waals surface area contributed by atoms with Crippen LogP contribution < -0.4 is 10.6 Å². The summed E-state index contributed by atoms with van der Waals surface area (Å²) in [6.45, 7) is 3.59. The van der Waals surface area contributed by atoms with Crippen molar-refractivity contribution in [2.75, 3.05) is 25.0 Å². The molecular formula is C18H23N3O2. The van der Waals surface area contributed by atoms with E-state index in [0.29, 0.717) is 0 Å². The first-order valence-corrected chi connectivity index (χ1v) is 7.93. The molecule has 2 amide bonds. The fourth-order valence-electron chi connectivity index (χ4n) is 2.77. The maximum atomic E-state index is 12.3. The second kappa shape index (κ2) is 8.35. The molecule has 1 aliphatic rings. The molecule has 23 heavy (non-hydrogen) atoms. The summed E-state index contributed by atoms with van der Waals surface area (Å²) in [6.07, 6.45) is 6.66. The minimum atomic E-state index is -0.221. The van der Waals surface area contributed by atoms with E-state index < -0.39 is 0 Å². The highest BCUT2D eigenvalue weighted by Gasteiger charge is 2.29. The van der Waals surface area contributed by atoms with Gasteiger partial charge < -0.3 is 10.6 Å². The molecule has 0 radical (unpaired) electrons.